The van der Waals surface area contributed by atoms with Gasteiger partial charge in [-0.05, 0) is 54.7 Å². The highest BCUT2D eigenvalue weighted by atomic mass is 32.2. The molecular formula is C23H23F3N2O3S. The summed E-state index contributed by atoms with van der Waals surface area (Å²) in [6, 6.07) is 12.0. The van der Waals surface area contributed by atoms with Crippen molar-refractivity contribution >= 4 is 10.0 Å². The van der Waals surface area contributed by atoms with E-state index in [9.17, 15) is 26.9 Å². The molecule has 9 heteroatoms. The van der Waals surface area contributed by atoms with Crippen molar-refractivity contribution in [2.24, 2.45) is 5.92 Å². The van der Waals surface area contributed by atoms with Crippen molar-refractivity contribution in [1.29, 1.82) is 5.26 Å². The summed E-state index contributed by atoms with van der Waals surface area (Å²) in [5.74, 6) is -3.57. The van der Waals surface area contributed by atoms with Crippen LogP contribution in [0.25, 0.3) is 11.1 Å². The predicted molar refractivity (Wildman–Crippen MR) is 113 cm³/mol. The fourth-order valence-corrected chi connectivity index (χ4v) is 5.72. The molecule has 2 aliphatic carbocycles. The van der Waals surface area contributed by atoms with E-state index in [1.54, 1.807) is 24.3 Å². The maximum absolute atomic E-state index is 14.0. The second-order valence-corrected chi connectivity index (χ2v) is 10.5. The van der Waals surface area contributed by atoms with Gasteiger partial charge in [-0.1, -0.05) is 18.2 Å². The first kappa shape index (κ1) is 22.6. The molecule has 2 saturated carbocycles. The predicted octanol–water partition coefficient (Wildman–Crippen LogP) is 4.63. The number of benzene rings is 2. The molecule has 0 unspecified atom stereocenters. The Bertz CT molecular complexity index is 1130. The number of alkyl halides is 2. The van der Waals surface area contributed by atoms with Gasteiger partial charge < -0.3 is 4.74 Å². The first-order chi connectivity index (χ1) is 15.2. The molecule has 0 heterocycles. The van der Waals surface area contributed by atoms with Crippen molar-refractivity contribution in [3.05, 3.63) is 53.8 Å². The first-order valence-corrected chi connectivity index (χ1v) is 12.0. The summed E-state index contributed by atoms with van der Waals surface area (Å²) in [7, 11) is -3.49. The van der Waals surface area contributed by atoms with E-state index < -0.39 is 45.4 Å². The molecule has 2 atom stereocenters. The Balaban J connectivity index is 1.44. The number of nitrogens with one attached hydrogen (secondary N) is 1. The van der Waals surface area contributed by atoms with Gasteiger partial charge in [-0.2, -0.15) is 5.26 Å². The number of sulfonamides is 1. The molecule has 2 aromatic rings. The van der Waals surface area contributed by atoms with E-state index in [-0.39, 0.29) is 25.0 Å². The van der Waals surface area contributed by atoms with Gasteiger partial charge in [0.25, 0.3) is 0 Å². The first-order valence-electron chi connectivity index (χ1n) is 10.5. The van der Waals surface area contributed by atoms with E-state index in [1.165, 1.54) is 12.1 Å². The van der Waals surface area contributed by atoms with Gasteiger partial charge in [0, 0.05) is 24.8 Å². The quantitative estimate of drug-likeness (QED) is 0.648. The SMILES string of the molecule is N#Cc1cc(F)ccc1-c1ccc(OC[C@H]2CC(F)(F)CC[C@@H]2NS(=O)(=O)C2CC2)cc1. The lowest BCUT2D eigenvalue weighted by Crippen LogP contribution is -2.49. The number of nitriles is 1. The fourth-order valence-electron chi connectivity index (χ4n) is 4.04. The maximum Gasteiger partial charge on any atom is 0.248 e. The highest BCUT2D eigenvalue weighted by molar-refractivity contribution is 7.90. The number of rotatable bonds is 7. The lowest BCUT2D eigenvalue weighted by molar-refractivity contribution is -0.0661. The minimum atomic E-state index is -3.49. The molecule has 4 rings (SSSR count). The van der Waals surface area contributed by atoms with Gasteiger partial charge in [-0.15, -0.1) is 0 Å². The summed E-state index contributed by atoms with van der Waals surface area (Å²) >= 11 is 0. The molecule has 2 aliphatic rings. The van der Waals surface area contributed by atoms with Crippen LogP contribution < -0.4 is 9.46 Å². The van der Waals surface area contributed by atoms with Crippen molar-refractivity contribution in [3.63, 3.8) is 0 Å². The number of ether oxygens (including phenoxy) is 1. The van der Waals surface area contributed by atoms with Crippen LogP contribution in [0.5, 0.6) is 5.75 Å². The van der Waals surface area contributed by atoms with Crippen LogP contribution in [0.1, 0.15) is 37.7 Å². The Labute approximate surface area is 185 Å². The minimum absolute atomic E-state index is 0.0488. The number of hydrogen-bond donors (Lipinski definition) is 1. The molecule has 0 spiro atoms. The van der Waals surface area contributed by atoms with Crippen molar-refractivity contribution in [1.82, 2.24) is 4.72 Å². The van der Waals surface area contributed by atoms with Gasteiger partial charge in [0.05, 0.1) is 23.5 Å². The average Bonchev–Trinajstić information content (AvgIpc) is 3.60. The van der Waals surface area contributed by atoms with Crippen LogP contribution in [-0.2, 0) is 10.0 Å². The normalized spacial score (nSPS) is 22.8. The third-order valence-corrected chi connectivity index (χ3v) is 7.94. The zero-order chi connectivity index (χ0) is 22.9. The molecule has 0 amide bonds. The molecule has 0 aromatic heterocycles. The van der Waals surface area contributed by atoms with Gasteiger partial charge in [-0.3, -0.25) is 0 Å². The van der Waals surface area contributed by atoms with Crippen LogP contribution >= 0.6 is 0 Å². The van der Waals surface area contributed by atoms with Gasteiger partial charge in [0.15, 0.2) is 0 Å². The monoisotopic (exact) mass is 464 g/mol. The Kier molecular flexibility index (Phi) is 6.19. The fraction of sp³-hybridized carbons (Fsp3) is 0.435. The molecule has 5 nitrogen and oxygen atoms in total. The van der Waals surface area contributed by atoms with Crippen LogP contribution in [0.4, 0.5) is 13.2 Å². The summed E-state index contributed by atoms with van der Waals surface area (Å²) in [5, 5.41) is 8.81. The molecule has 32 heavy (non-hydrogen) atoms. The Morgan fingerprint density at radius 2 is 1.84 bits per heavy atom. The second-order valence-electron chi connectivity index (χ2n) is 8.46. The van der Waals surface area contributed by atoms with Crippen molar-refractivity contribution in [2.45, 2.75) is 49.3 Å². The molecular weight excluding hydrogens is 441 g/mol. The lowest BCUT2D eigenvalue weighted by Gasteiger charge is -2.36. The summed E-state index contributed by atoms with van der Waals surface area (Å²) in [5.41, 5.74) is 1.46. The third kappa shape index (κ3) is 5.25. The molecule has 1 N–H and O–H groups in total. The summed E-state index contributed by atoms with van der Waals surface area (Å²) < 4.78 is 74.3. The van der Waals surface area contributed by atoms with E-state index in [0.29, 0.717) is 29.7 Å². The van der Waals surface area contributed by atoms with E-state index in [1.807, 2.05) is 6.07 Å². The Morgan fingerprint density at radius 3 is 2.50 bits per heavy atom. The smallest absolute Gasteiger partial charge is 0.248 e. The molecule has 170 valence electrons. The Morgan fingerprint density at radius 1 is 1.12 bits per heavy atom. The number of halogens is 3. The Hall–Kier alpha value is -2.57. The molecule has 0 radical (unpaired) electrons. The van der Waals surface area contributed by atoms with Crippen LogP contribution in [0.15, 0.2) is 42.5 Å². The summed E-state index contributed by atoms with van der Waals surface area (Å²) in [4.78, 5) is 0. The van der Waals surface area contributed by atoms with Crippen LogP contribution in [0, 0.1) is 23.1 Å². The van der Waals surface area contributed by atoms with E-state index in [0.717, 1.165) is 6.07 Å². The minimum Gasteiger partial charge on any atom is -0.493 e. The van der Waals surface area contributed by atoms with Crippen molar-refractivity contribution < 1.29 is 26.3 Å². The molecule has 2 fully saturated rings. The third-order valence-electron chi connectivity index (χ3n) is 5.96. The van der Waals surface area contributed by atoms with E-state index in [2.05, 4.69) is 4.72 Å². The summed E-state index contributed by atoms with van der Waals surface area (Å²) in [6.07, 6.45) is 0.479. The largest absolute Gasteiger partial charge is 0.493 e. The van der Waals surface area contributed by atoms with E-state index >= 15 is 0 Å². The van der Waals surface area contributed by atoms with Gasteiger partial charge in [0.1, 0.15) is 11.6 Å². The van der Waals surface area contributed by atoms with Gasteiger partial charge in [0.2, 0.25) is 15.9 Å². The van der Waals surface area contributed by atoms with Crippen LogP contribution in [-0.4, -0.2) is 32.2 Å². The zero-order valence-corrected chi connectivity index (χ0v) is 18.0. The summed E-state index contributed by atoms with van der Waals surface area (Å²) in [6.45, 7) is -0.0488. The molecule has 2 aromatic carbocycles. The van der Waals surface area contributed by atoms with Gasteiger partial charge in [-0.25, -0.2) is 26.3 Å². The molecule has 0 aliphatic heterocycles. The van der Waals surface area contributed by atoms with E-state index in [4.69, 9.17) is 4.74 Å². The lowest BCUT2D eigenvalue weighted by atomic mass is 9.83. The van der Waals surface area contributed by atoms with Crippen LogP contribution in [0.3, 0.4) is 0 Å². The van der Waals surface area contributed by atoms with Crippen molar-refractivity contribution in [3.8, 4) is 22.9 Å². The van der Waals surface area contributed by atoms with Crippen LogP contribution in [0.2, 0.25) is 0 Å². The molecule has 0 bridgehead atoms. The molecule has 0 saturated heterocycles. The number of hydrogen-bond acceptors (Lipinski definition) is 4. The highest BCUT2D eigenvalue weighted by Gasteiger charge is 2.45. The zero-order valence-electron chi connectivity index (χ0n) is 17.2. The standard InChI is InChI=1S/C23H23F3N2O3S/c24-18-3-8-21(16(11-18)13-27)15-1-4-19(5-2-15)31-14-17-12-23(25,26)10-9-22(17)28-32(29,30)20-6-7-20/h1-5,8,11,17,20,22,28H,6-7,9-10,12,14H2/t17-,22+/m1/s1. The number of nitrogens with zero attached hydrogens (tertiary/aromatic N) is 1. The second kappa shape index (κ2) is 8.75. The topological polar surface area (TPSA) is 79.2 Å². The maximum atomic E-state index is 14.0. The van der Waals surface area contributed by atoms with Gasteiger partial charge >= 0.3 is 0 Å². The highest BCUT2D eigenvalue weighted by Crippen LogP contribution is 2.38. The average molecular weight is 465 g/mol. The van der Waals surface area contributed by atoms with Crippen molar-refractivity contribution in [2.75, 3.05) is 6.61 Å².